The Hall–Kier alpha value is -3.28. The molecule has 1 aromatic carbocycles. The molecule has 0 aliphatic carbocycles. The number of rotatable bonds is 6. The average molecular weight is 575 g/mol. The zero-order chi connectivity index (χ0) is 28.8. The number of ether oxygens (including phenoxy) is 1. The van der Waals surface area contributed by atoms with Gasteiger partial charge in [0.05, 0.1) is 35.5 Å². The van der Waals surface area contributed by atoms with E-state index in [0.717, 1.165) is 11.4 Å². The molecule has 0 radical (unpaired) electrons. The Morgan fingerprint density at radius 2 is 1.73 bits per heavy atom. The highest BCUT2D eigenvalue weighted by Gasteiger charge is 2.41. The van der Waals surface area contributed by atoms with E-state index < -0.39 is 17.7 Å². The molecule has 1 unspecified atom stereocenters. The minimum absolute atomic E-state index is 0.0329. The maximum atomic E-state index is 13.2. The fraction of sp³-hybridized carbons (Fsp3) is 0.429. The Bertz CT molecular complexity index is 1530. The molecule has 212 valence electrons. The summed E-state index contributed by atoms with van der Waals surface area (Å²) in [7, 11) is 3.19. The number of methoxy groups -OCH3 is 1. The summed E-state index contributed by atoms with van der Waals surface area (Å²) in [5.74, 6) is -0.979. The minimum atomic E-state index is -4.19. The van der Waals surface area contributed by atoms with Crippen molar-refractivity contribution in [1.29, 1.82) is 0 Å². The van der Waals surface area contributed by atoms with E-state index in [1.807, 2.05) is 30.9 Å². The highest BCUT2D eigenvalue weighted by Crippen LogP contribution is 2.41. The van der Waals surface area contributed by atoms with Crippen molar-refractivity contribution in [2.45, 2.75) is 45.0 Å². The zero-order valence-electron chi connectivity index (χ0n) is 22.6. The van der Waals surface area contributed by atoms with Crippen molar-refractivity contribution in [3.63, 3.8) is 0 Å². The van der Waals surface area contributed by atoms with Gasteiger partial charge in [-0.25, -0.2) is 9.67 Å². The number of fused-ring (bicyclic) bond motifs is 1. The Balaban J connectivity index is 1.60. The molecule has 1 saturated heterocycles. The molecular weight excluding hydrogens is 545 g/mol. The Morgan fingerprint density at radius 1 is 1.05 bits per heavy atom. The van der Waals surface area contributed by atoms with Crippen LogP contribution in [0.2, 0.25) is 5.02 Å². The van der Waals surface area contributed by atoms with Crippen LogP contribution in [-0.4, -0.2) is 61.3 Å². The van der Waals surface area contributed by atoms with Gasteiger partial charge in [-0.3, -0.25) is 9.88 Å². The predicted molar refractivity (Wildman–Crippen MR) is 144 cm³/mol. The number of nitrogens with zero attached hydrogens (tertiary/aromatic N) is 6. The van der Waals surface area contributed by atoms with E-state index in [-0.39, 0.29) is 25.9 Å². The third kappa shape index (κ3) is 5.13. The van der Waals surface area contributed by atoms with Crippen LogP contribution in [0.1, 0.15) is 46.6 Å². The predicted octanol–water partition coefficient (Wildman–Crippen LogP) is 5.10. The van der Waals surface area contributed by atoms with Gasteiger partial charge in [0.2, 0.25) is 5.88 Å². The number of piperidine rings is 1. The molecule has 5 rings (SSSR count). The van der Waals surface area contributed by atoms with Gasteiger partial charge >= 0.3 is 6.18 Å². The second-order valence-electron chi connectivity index (χ2n) is 10.3. The first-order valence-corrected chi connectivity index (χ1v) is 13.3. The van der Waals surface area contributed by atoms with Crippen LogP contribution < -0.4 is 4.74 Å². The molecule has 40 heavy (non-hydrogen) atoms. The van der Waals surface area contributed by atoms with Gasteiger partial charge in [-0.2, -0.15) is 13.2 Å². The van der Waals surface area contributed by atoms with Gasteiger partial charge in [-0.05, 0) is 75.2 Å². The van der Waals surface area contributed by atoms with Crippen LogP contribution in [0.25, 0.3) is 10.9 Å². The standard InChI is InChI=1S/C28H30ClF3N6O2/c1-16-11-20(12-17(2)34-16)27(39,24-14-33-36-37(24)3)19-5-6-23-21(13-19)25(29)22(26(35-23)40-4)15-38-9-7-18(8-10-38)28(30,31)32/h5-6,11-14,18,39H,7-10,15H2,1-4H3. The number of aromatic nitrogens is 5. The van der Waals surface area contributed by atoms with E-state index >= 15 is 0 Å². The fourth-order valence-electron chi connectivity index (χ4n) is 5.54. The second-order valence-corrected chi connectivity index (χ2v) is 10.7. The third-order valence-corrected chi connectivity index (χ3v) is 8.04. The van der Waals surface area contributed by atoms with Gasteiger partial charge in [-0.15, -0.1) is 5.10 Å². The van der Waals surface area contributed by atoms with Crippen LogP contribution in [0.5, 0.6) is 5.88 Å². The van der Waals surface area contributed by atoms with Crippen molar-refractivity contribution < 1.29 is 23.0 Å². The molecular formula is C28H30ClF3N6O2. The largest absolute Gasteiger partial charge is 0.481 e. The summed E-state index contributed by atoms with van der Waals surface area (Å²) in [5, 5.41) is 21.4. The number of hydrogen-bond acceptors (Lipinski definition) is 7. The van der Waals surface area contributed by atoms with Gasteiger partial charge in [0.15, 0.2) is 5.60 Å². The lowest BCUT2D eigenvalue weighted by Crippen LogP contribution is -2.38. The van der Waals surface area contributed by atoms with Crippen molar-refractivity contribution in [3.05, 3.63) is 75.3 Å². The molecule has 0 saturated carbocycles. The summed E-state index contributed by atoms with van der Waals surface area (Å²) in [6.45, 7) is 4.58. The lowest BCUT2D eigenvalue weighted by atomic mass is 9.82. The minimum Gasteiger partial charge on any atom is -0.481 e. The van der Waals surface area contributed by atoms with Crippen molar-refractivity contribution in [1.82, 2.24) is 29.9 Å². The van der Waals surface area contributed by atoms with Gasteiger partial charge in [0.25, 0.3) is 0 Å². The van der Waals surface area contributed by atoms with Crippen molar-refractivity contribution in [2.75, 3.05) is 20.2 Å². The molecule has 4 heterocycles. The molecule has 3 aromatic heterocycles. The summed E-state index contributed by atoms with van der Waals surface area (Å²) < 4.78 is 46.6. The van der Waals surface area contributed by atoms with Crippen molar-refractivity contribution in [2.24, 2.45) is 13.0 Å². The summed E-state index contributed by atoms with van der Waals surface area (Å²) in [6.07, 6.45) is -2.61. The van der Waals surface area contributed by atoms with Crippen LogP contribution in [-0.2, 0) is 19.2 Å². The van der Waals surface area contributed by atoms with E-state index in [1.54, 1.807) is 25.2 Å². The maximum Gasteiger partial charge on any atom is 0.391 e. The highest BCUT2D eigenvalue weighted by molar-refractivity contribution is 6.36. The quantitative estimate of drug-likeness (QED) is 0.343. The van der Waals surface area contributed by atoms with Gasteiger partial charge in [0.1, 0.15) is 0 Å². The van der Waals surface area contributed by atoms with Crippen LogP contribution in [0, 0.1) is 19.8 Å². The first-order chi connectivity index (χ1) is 18.9. The molecule has 4 aromatic rings. The molecule has 12 heteroatoms. The van der Waals surface area contributed by atoms with Crippen LogP contribution in [0.4, 0.5) is 13.2 Å². The SMILES string of the molecule is COc1nc2ccc(C(O)(c3cc(C)nc(C)c3)c3cnnn3C)cc2c(Cl)c1CN1CCC(C(F)(F)F)CC1. The Morgan fingerprint density at radius 3 is 2.30 bits per heavy atom. The van der Waals surface area contributed by atoms with E-state index in [9.17, 15) is 18.3 Å². The number of aliphatic hydroxyl groups is 1. The van der Waals surface area contributed by atoms with E-state index in [1.165, 1.54) is 18.0 Å². The molecule has 0 bridgehead atoms. The monoisotopic (exact) mass is 574 g/mol. The number of likely N-dealkylation sites (tertiary alicyclic amines) is 1. The van der Waals surface area contributed by atoms with Crippen molar-refractivity contribution in [3.8, 4) is 5.88 Å². The number of alkyl halides is 3. The molecule has 1 N–H and O–H groups in total. The molecule has 1 aliphatic heterocycles. The summed E-state index contributed by atoms with van der Waals surface area (Å²) in [5.41, 5.74) is 2.53. The zero-order valence-corrected chi connectivity index (χ0v) is 23.4. The van der Waals surface area contributed by atoms with E-state index in [4.69, 9.17) is 16.3 Å². The summed E-state index contributed by atoms with van der Waals surface area (Å²) >= 11 is 6.97. The number of benzene rings is 1. The fourth-order valence-corrected chi connectivity index (χ4v) is 5.83. The maximum absolute atomic E-state index is 13.2. The normalized spacial score (nSPS) is 16.8. The first-order valence-electron chi connectivity index (χ1n) is 12.9. The van der Waals surface area contributed by atoms with Gasteiger partial charge < -0.3 is 9.84 Å². The van der Waals surface area contributed by atoms with E-state index in [2.05, 4.69) is 20.3 Å². The first kappa shape index (κ1) is 28.3. The highest BCUT2D eigenvalue weighted by atomic mass is 35.5. The molecule has 0 amide bonds. The van der Waals surface area contributed by atoms with E-state index in [0.29, 0.717) is 50.7 Å². The smallest absolute Gasteiger partial charge is 0.391 e. The topological polar surface area (TPSA) is 89.2 Å². The Labute approximate surface area is 234 Å². The number of pyridine rings is 2. The number of aryl methyl sites for hydroxylation is 3. The van der Waals surface area contributed by atoms with Crippen LogP contribution in [0.15, 0.2) is 36.5 Å². The second kappa shape index (κ2) is 10.6. The van der Waals surface area contributed by atoms with Gasteiger partial charge in [0, 0.05) is 35.9 Å². The molecule has 1 aliphatic rings. The molecule has 1 atom stereocenters. The lowest BCUT2D eigenvalue weighted by molar-refractivity contribution is -0.185. The van der Waals surface area contributed by atoms with Crippen LogP contribution >= 0.6 is 11.6 Å². The molecule has 1 fully saturated rings. The van der Waals surface area contributed by atoms with Gasteiger partial charge in [-0.1, -0.05) is 22.9 Å². The van der Waals surface area contributed by atoms with Crippen LogP contribution in [0.3, 0.4) is 0 Å². The third-order valence-electron chi connectivity index (χ3n) is 7.61. The lowest BCUT2D eigenvalue weighted by Gasteiger charge is -2.33. The number of hydrogen-bond donors (Lipinski definition) is 1. The summed E-state index contributed by atoms with van der Waals surface area (Å²) in [4.78, 5) is 11.0. The van der Waals surface area contributed by atoms with Crippen molar-refractivity contribution >= 4 is 22.5 Å². The molecule has 0 spiro atoms. The Kier molecular flexibility index (Phi) is 7.49. The average Bonchev–Trinajstić information content (AvgIpc) is 3.35. The summed E-state index contributed by atoms with van der Waals surface area (Å²) in [6, 6.07) is 8.93. The number of halogens is 4. The molecule has 8 nitrogen and oxygen atoms in total.